The Labute approximate surface area is 145 Å². The summed E-state index contributed by atoms with van der Waals surface area (Å²) in [7, 11) is 5.86. The Bertz CT molecular complexity index is 506. The molecule has 0 saturated carbocycles. The minimum Gasteiger partial charge on any atom is -0.497 e. The second-order valence-corrected chi connectivity index (χ2v) is 7.04. The average molecular weight is 334 g/mol. The molecule has 2 fully saturated rings. The third-order valence-corrected chi connectivity index (χ3v) is 5.00. The monoisotopic (exact) mass is 334 g/mol. The molecule has 0 N–H and O–H groups in total. The third-order valence-electron chi connectivity index (χ3n) is 5.00. The third kappa shape index (κ3) is 4.28. The van der Waals surface area contributed by atoms with Crippen LogP contribution in [-0.2, 0) is 16.0 Å². The molecule has 3 rings (SSSR count). The summed E-state index contributed by atoms with van der Waals surface area (Å²) in [6.07, 6.45) is 2.76. The van der Waals surface area contributed by atoms with E-state index in [-0.39, 0.29) is 12.2 Å². The van der Waals surface area contributed by atoms with Crippen LogP contribution in [0.4, 0.5) is 0 Å². The van der Waals surface area contributed by atoms with Gasteiger partial charge in [0.1, 0.15) is 11.9 Å². The molecule has 0 aromatic heterocycles. The van der Waals surface area contributed by atoms with Crippen molar-refractivity contribution in [3.8, 4) is 5.75 Å². The molecular weight excluding hydrogens is 304 g/mol. The molecule has 0 bridgehead atoms. The van der Waals surface area contributed by atoms with Crippen LogP contribution in [0.2, 0.25) is 0 Å². The quantitative estimate of drug-likeness (QED) is 0.762. The highest BCUT2D eigenvalue weighted by atomic mass is 16.5. The van der Waals surface area contributed by atoms with E-state index in [1.165, 1.54) is 12.0 Å². The number of methoxy groups -OCH3 is 1. The zero-order valence-corrected chi connectivity index (χ0v) is 15.1. The molecule has 2 saturated heterocycles. The Kier molecular flexibility index (Phi) is 6.11. The summed E-state index contributed by atoms with van der Waals surface area (Å²) in [5.74, 6) is 0.906. The molecule has 1 aromatic rings. The van der Waals surface area contributed by atoms with Crippen molar-refractivity contribution in [2.24, 2.45) is 0 Å². The lowest BCUT2D eigenvalue weighted by atomic mass is 10.0. The van der Waals surface area contributed by atoms with Crippen LogP contribution >= 0.6 is 0 Å². The van der Waals surface area contributed by atoms with Gasteiger partial charge in [0.05, 0.1) is 19.8 Å². The van der Waals surface area contributed by atoms with Crippen molar-refractivity contribution in [1.29, 1.82) is 0 Å². The Morgan fingerprint density at radius 2 is 2.04 bits per heavy atom. The van der Waals surface area contributed by atoms with E-state index in [0.29, 0.717) is 6.04 Å². The minimum absolute atomic E-state index is 0.188. The number of fused-ring (bicyclic) bond motifs is 1. The van der Waals surface area contributed by atoms with Crippen molar-refractivity contribution < 1.29 is 14.2 Å². The molecule has 3 atom stereocenters. The van der Waals surface area contributed by atoms with Gasteiger partial charge in [-0.3, -0.25) is 4.90 Å². The fourth-order valence-electron chi connectivity index (χ4n) is 3.68. The molecule has 134 valence electrons. The summed E-state index contributed by atoms with van der Waals surface area (Å²) in [6.45, 7) is 4.48. The Morgan fingerprint density at radius 3 is 2.75 bits per heavy atom. The predicted molar refractivity (Wildman–Crippen MR) is 94.5 cm³/mol. The number of likely N-dealkylation sites (tertiary alicyclic amines) is 1. The number of nitrogens with zero attached hydrogens (tertiary/aromatic N) is 2. The molecule has 0 radical (unpaired) electrons. The van der Waals surface area contributed by atoms with Crippen molar-refractivity contribution in [2.75, 3.05) is 47.5 Å². The van der Waals surface area contributed by atoms with E-state index in [2.05, 4.69) is 36.0 Å². The summed E-state index contributed by atoms with van der Waals surface area (Å²) < 4.78 is 17.5. The first-order valence-corrected chi connectivity index (χ1v) is 8.92. The summed E-state index contributed by atoms with van der Waals surface area (Å²) in [5, 5.41) is 0. The molecule has 5 nitrogen and oxygen atoms in total. The summed E-state index contributed by atoms with van der Waals surface area (Å²) in [5.41, 5.74) is 1.31. The van der Waals surface area contributed by atoms with E-state index in [1.54, 1.807) is 7.11 Å². The molecule has 2 aliphatic rings. The standard InChI is InChI=1S/C19H30N2O3/c1-20(2)10-12-23-18-14-21(17-5-4-11-24-19(17)18)13-15-6-8-16(22-3)9-7-15/h6-9,17-19H,4-5,10-14H2,1-3H3/t17-,18+,19+/m0/s1. The first-order valence-electron chi connectivity index (χ1n) is 8.92. The van der Waals surface area contributed by atoms with E-state index in [0.717, 1.165) is 45.0 Å². The Morgan fingerprint density at radius 1 is 1.25 bits per heavy atom. The fraction of sp³-hybridized carbons (Fsp3) is 0.684. The smallest absolute Gasteiger partial charge is 0.118 e. The molecule has 0 aliphatic carbocycles. The summed E-state index contributed by atoms with van der Waals surface area (Å²) >= 11 is 0. The van der Waals surface area contributed by atoms with Gasteiger partial charge in [-0.1, -0.05) is 12.1 Å². The van der Waals surface area contributed by atoms with Gasteiger partial charge in [0.25, 0.3) is 0 Å². The molecule has 1 aromatic carbocycles. The van der Waals surface area contributed by atoms with E-state index < -0.39 is 0 Å². The van der Waals surface area contributed by atoms with Crippen molar-refractivity contribution >= 4 is 0 Å². The van der Waals surface area contributed by atoms with Crippen LogP contribution in [0.3, 0.4) is 0 Å². The normalized spacial score (nSPS) is 27.4. The van der Waals surface area contributed by atoms with Gasteiger partial charge in [0.2, 0.25) is 0 Å². The SMILES string of the molecule is COc1ccc(CN2C[C@@H](OCCN(C)C)[C@@H]3OCCC[C@@H]32)cc1. The van der Waals surface area contributed by atoms with E-state index >= 15 is 0 Å². The van der Waals surface area contributed by atoms with Crippen LogP contribution in [0.25, 0.3) is 0 Å². The molecular formula is C19H30N2O3. The molecule has 2 heterocycles. The highest BCUT2D eigenvalue weighted by Gasteiger charge is 2.44. The maximum atomic E-state index is 6.16. The zero-order chi connectivity index (χ0) is 16.9. The lowest BCUT2D eigenvalue weighted by molar-refractivity contribution is -0.0787. The predicted octanol–water partition coefficient (Wildman–Crippen LogP) is 2.01. The van der Waals surface area contributed by atoms with E-state index in [9.17, 15) is 0 Å². The molecule has 5 heteroatoms. The maximum Gasteiger partial charge on any atom is 0.118 e. The van der Waals surface area contributed by atoms with Crippen LogP contribution in [-0.4, -0.2) is 75.6 Å². The second kappa shape index (κ2) is 8.30. The fourth-order valence-corrected chi connectivity index (χ4v) is 3.68. The minimum atomic E-state index is 0.188. The number of hydrogen-bond donors (Lipinski definition) is 0. The topological polar surface area (TPSA) is 34.2 Å². The van der Waals surface area contributed by atoms with Gasteiger partial charge >= 0.3 is 0 Å². The summed E-state index contributed by atoms with van der Waals surface area (Å²) in [6, 6.07) is 8.84. The Balaban J connectivity index is 1.61. The van der Waals surface area contributed by atoms with Crippen LogP contribution in [0, 0.1) is 0 Å². The van der Waals surface area contributed by atoms with E-state index in [4.69, 9.17) is 14.2 Å². The van der Waals surface area contributed by atoms with Gasteiger partial charge in [-0.2, -0.15) is 0 Å². The van der Waals surface area contributed by atoms with E-state index in [1.807, 2.05) is 12.1 Å². The number of hydrogen-bond acceptors (Lipinski definition) is 5. The van der Waals surface area contributed by atoms with Crippen molar-refractivity contribution in [1.82, 2.24) is 9.80 Å². The zero-order valence-electron chi connectivity index (χ0n) is 15.1. The highest BCUT2D eigenvalue weighted by molar-refractivity contribution is 5.27. The molecule has 2 aliphatic heterocycles. The Hall–Kier alpha value is -1.14. The molecule has 24 heavy (non-hydrogen) atoms. The lowest BCUT2D eigenvalue weighted by Crippen LogP contribution is -2.42. The van der Waals surface area contributed by atoms with Gasteiger partial charge in [-0.25, -0.2) is 0 Å². The lowest BCUT2D eigenvalue weighted by Gasteiger charge is -2.32. The second-order valence-electron chi connectivity index (χ2n) is 7.04. The molecule has 0 unspecified atom stereocenters. The summed E-state index contributed by atoms with van der Waals surface area (Å²) in [4.78, 5) is 4.69. The number of likely N-dealkylation sites (N-methyl/N-ethyl adjacent to an activating group) is 1. The van der Waals surface area contributed by atoms with Gasteiger partial charge in [-0.15, -0.1) is 0 Å². The van der Waals surface area contributed by atoms with Crippen LogP contribution in [0.1, 0.15) is 18.4 Å². The van der Waals surface area contributed by atoms with Gasteiger partial charge in [0.15, 0.2) is 0 Å². The number of ether oxygens (including phenoxy) is 3. The van der Waals surface area contributed by atoms with Crippen LogP contribution < -0.4 is 4.74 Å². The van der Waals surface area contributed by atoms with Crippen LogP contribution in [0.5, 0.6) is 5.75 Å². The van der Waals surface area contributed by atoms with Crippen LogP contribution in [0.15, 0.2) is 24.3 Å². The largest absolute Gasteiger partial charge is 0.497 e. The highest BCUT2D eigenvalue weighted by Crippen LogP contribution is 2.32. The van der Waals surface area contributed by atoms with Gasteiger partial charge in [0, 0.05) is 32.3 Å². The van der Waals surface area contributed by atoms with Gasteiger partial charge in [-0.05, 0) is 44.6 Å². The number of benzene rings is 1. The van der Waals surface area contributed by atoms with Gasteiger partial charge < -0.3 is 19.1 Å². The van der Waals surface area contributed by atoms with Crippen molar-refractivity contribution in [2.45, 2.75) is 37.6 Å². The average Bonchev–Trinajstić information content (AvgIpc) is 2.93. The van der Waals surface area contributed by atoms with Crippen molar-refractivity contribution in [3.05, 3.63) is 29.8 Å². The number of rotatable bonds is 7. The maximum absolute atomic E-state index is 6.16. The van der Waals surface area contributed by atoms with Crippen molar-refractivity contribution in [3.63, 3.8) is 0 Å². The first kappa shape index (κ1) is 17.7. The molecule has 0 spiro atoms. The molecule has 0 amide bonds. The first-order chi connectivity index (χ1) is 11.7.